The lowest BCUT2D eigenvalue weighted by atomic mass is 10.2. The van der Waals surface area contributed by atoms with Gasteiger partial charge in [-0.15, -0.1) is 0 Å². The fourth-order valence-corrected chi connectivity index (χ4v) is 3.64. The first kappa shape index (κ1) is 22.1. The van der Waals surface area contributed by atoms with Gasteiger partial charge >= 0.3 is 0 Å². The summed E-state index contributed by atoms with van der Waals surface area (Å²) < 4.78 is 5.47. The molecule has 2 amide bonds. The van der Waals surface area contributed by atoms with Crippen LogP contribution < -0.4 is 15.0 Å². The molecule has 33 heavy (non-hydrogen) atoms. The molecule has 1 heterocycles. The van der Waals surface area contributed by atoms with E-state index >= 15 is 0 Å². The molecule has 0 aromatic heterocycles. The Morgan fingerprint density at radius 2 is 1.45 bits per heavy atom. The predicted octanol–water partition coefficient (Wildman–Crippen LogP) is 4.07. The normalized spacial score (nSPS) is 13.7. The average molecular weight is 442 g/mol. The van der Waals surface area contributed by atoms with Gasteiger partial charge in [0.25, 0.3) is 5.91 Å². The minimum absolute atomic E-state index is 0.0364. The monoisotopic (exact) mass is 441 g/mol. The van der Waals surface area contributed by atoms with E-state index in [1.165, 1.54) is 0 Å². The van der Waals surface area contributed by atoms with E-state index in [2.05, 4.69) is 10.2 Å². The maximum absolute atomic E-state index is 12.5. The molecule has 4 rings (SSSR count). The smallest absolute Gasteiger partial charge is 0.262 e. The summed E-state index contributed by atoms with van der Waals surface area (Å²) in [6, 6.07) is 26.8. The van der Waals surface area contributed by atoms with Crippen LogP contribution in [0.3, 0.4) is 0 Å². The van der Waals surface area contributed by atoms with Crippen molar-refractivity contribution in [2.24, 2.45) is 0 Å². The number of nitrogens with zero attached hydrogens (tertiary/aromatic N) is 2. The van der Waals surface area contributed by atoms with Crippen molar-refractivity contribution in [3.05, 3.63) is 96.6 Å². The number of anilines is 2. The molecule has 168 valence electrons. The molecule has 0 saturated carbocycles. The maximum Gasteiger partial charge on any atom is 0.262 e. The zero-order valence-electron chi connectivity index (χ0n) is 18.4. The fourth-order valence-electron chi connectivity index (χ4n) is 3.64. The van der Waals surface area contributed by atoms with Crippen LogP contribution in [-0.4, -0.2) is 49.5 Å². The first-order chi connectivity index (χ1) is 16.2. The Kier molecular flexibility index (Phi) is 7.38. The molecule has 3 aromatic rings. The second-order valence-corrected chi connectivity index (χ2v) is 7.75. The number of carbonyl (C=O) groups is 2. The van der Waals surface area contributed by atoms with Crippen LogP contribution in [0.25, 0.3) is 6.08 Å². The van der Waals surface area contributed by atoms with Crippen molar-refractivity contribution in [2.75, 3.05) is 43.0 Å². The van der Waals surface area contributed by atoms with E-state index in [-0.39, 0.29) is 18.4 Å². The largest absolute Gasteiger partial charge is 0.484 e. The van der Waals surface area contributed by atoms with Crippen LogP contribution in [0, 0.1) is 0 Å². The van der Waals surface area contributed by atoms with Crippen LogP contribution in [0.15, 0.2) is 91.0 Å². The zero-order valence-corrected chi connectivity index (χ0v) is 18.4. The highest BCUT2D eigenvalue weighted by Gasteiger charge is 2.19. The van der Waals surface area contributed by atoms with Gasteiger partial charge in [0.1, 0.15) is 5.75 Å². The highest BCUT2D eigenvalue weighted by molar-refractivity contribution is 5.92. The molecule has 1 aliphatic heterocycles. The molecule has 1 saturated heterocycles. The molecule has 0 bridgehead atoms. The van der Waals surface area contributed by atoms with Gasteiger partial charge in [0.2, 0.25) is 5.91 Å². The summed E-state index contributed by atoms with van der Waals surface area (Å²) in [6.07, 6.45) is 3.50. The molecule has 0 aliphatic carbocycles. The molecule has 0 radical (unpaired) electrons. The van der Waals surface area contributed by atoms with Gasteiger partial charge in [-0.1, -0.05) is 48.5 Å². The zero-order chi connectivity index (χ0) is 22.9. The molecule has 3 aromatic carbocycles. The van der Waals surface area contributed by atoms with E-state index in [9.17, 15) is 9.59 Å². The van der Waals surface area contributed by atoms with Crippen molar-refractivity contribution in [3.8, 4) is 5.75 Å². The van der Waals surface area contributed by atoms with E-state index in [1.54, 1.807) is 6.08 Å². The van der Waals surface area contributed by atoms with Crippen molar-refractivity contribution in [2.45, 2.75) is 0 Å². The van der Waals surface area contributed by atoms with Crippen LogP contribution in [0.2, 0.25) is 0 Å². The second kappa shape index (κ2) is 11.0. The van der Waals surface area contributed by atoms with Crippen LogP contribution in [0.4, 0.5) is 11.4 Å². The fraction of sp³-hybridized carbons (Fsp3) is 0.185. The van der Waals surface area contributed by atoms with Crippen LogP contribution in [0.1, 0.15) is 5.56 Å². The van der Waals surface area contributed by atoms with Crippen molar-refractivity contribution >= 4 is 29.3 Å². The summed E-state index contributed by atoms with van der Waals surface area (Å²) in [7, 11) is 0. The van der Waals surface area contributed by atoms with Gasteiger partial charge < -0.3 is 19.9 Å². The SMILES string of the molecule is O=C(COc1ccccc1)Nc1ccc(N2CCN(C(=O)/C=C\c3ccccc3)CC2)cc1. The van der Waals surface area contributed by atoms with Crippen molar-refractivity contribution in [1.82, 2.24) is 4.90 Å². The Hall–Kier alpha value is -4.06. The van der Waals surface area contributed by atoms with Crippen molar-refractivity contribution in [3.63, 3.8) is 0 Å². The molecule has 6 heteroatoms. The van der Waals surface area contributed by atoms with E-state index in [4.69, 9.17) is 4.74 Å². The lowest BCUT2D eigenvalue weighted by molar-refractivity contribution is -0.126. The minimum Gasteiger partial charge on any atom is -0.484 e. The van der Waals surface area contributed by atoms with Crippen molar-refractivity contribution < 1.29 is 14.3 Å². The number of amides is 2. The quantitative estimate of drug-likeness (QED) is 0.562. The Morgan fingerprint density at radius 3 is 2.12 bits per heavy atom. The average Bonchev–Trinajstić information content (AvgIpc) is 2.88. The summed E-state index contributed by atoms with van der Waals surface area (Å²) >= 11 is 0. The number of rotatable bonds is 7. The lowest BCUT2D eigenvalue weighted by Crippen LogP contribution is -2.48. The number of para-hydroxylation sites is 1. The number of benzene rings is 3. The van der Waals surface area contributed by atoms with Gasteiger partial charge in [0.05, 0.1) is 0 Å². The number of carbonyl (C=O) groups excluding carboxylic acids is 2. The minimum atomic E-state index is -0.206. The van der Waals surface area contributed by atoms with Gasteiger partial charge in [-0.3, -0.25) is 9.59 Å². The molecule has 1 fully saturated rings. The molecular weight excluding hydrogens is 414 g/mol. The number of piperazine rings is 1. The molecule has 6 nitrogen and oxygen atoms in total. The third kappa shape index (κ3) is 6.46. The summed E-state index contributed by atoms with van der Waals surface area (Å²) in [5, 5.41) is 2.85. The molecular formula is C27H27N3O3. The molecule has 1 aliphatic rings. The predicted molar refractivity (Wildman–Crippen MR) is 131 cm³/mol. The van der Waals surface area contributed by atoms with E-state index in [0.717, 1.165) is 30.0 Å². The molecule has 0 unspecified atom stereocenters. The number of hydrogen-bond donors (Lipinski definition) is 1. The molecule has 0 atom stereocenters. The number of hydrogen-bond acceptors (Lipinski definition) is 4. The van der Waals surface area contributed by atoms with Gasteiger partial charge in [-0.05, 0) is 48.0 Å². The first-order valence-corrected chi connectivity index (χ1v) is 11.0. The highest BCUT2D eigenvalue weighted by Crippen LogP contribution is 2.20. The molecule has 1 N–H and O–H groups in total. The summed E-state index contributed by atoms with van der Waals surface area (Å²) in [6.45, 7) is 2.84. The van der Waals surface area contributed by atoms with E-state index in [1.807, 2.05) is 95.9 Å². The second-order valence-electron chi connectivity index (χ2n) is 7.75. The first-order valence-electron chi connectivity index (χ1n) is 11.0. The topological polar surface area (TPSA) is 61.9 Å². The Balaban J connectivity index is 1.23. The van der Waals surface area contributed by atoms with Gasteiger partial charge in [-0.25, -0.2) is 0 Å². The highest BCUT2D eigenvalue weighted by atomic mass is 16.5. The number of nitrogens with one attached hydrogen (secondary N) is 1. The lowest BCUT2D eigenvalue weighted by Gasteiger charge is -2.35. The van der Waals surface area contributed by atoms with Crippen LogP contribution >= 0.6 is 0 Å². The van der Waals surface area contributed by atoms with E-state index in [0.29, 0.717) is 18.8 Å². The standard InChI is InChI=1S/C27H27N3O3/c31-26(21-33-25-9-5-2-6-10-25)28-23-12-14-24(15-13-23)29-17-19-30(20-18-29)27(32)16-11-22-7-3-1-4-8-22/h1-16H,17-21H2,(H,28,31)/b16-11-. The number of ether oxygens (including phenoxy) is 1. The van der Waals surface area contributed by atoms with Crippen LogP contribution in [-0.2, 0) is 9.59 Å². The third-order valence-electron chi connectivity index (χ3n) is 5.44. The Bertz CT molecular complexity index is 1070. The van der Waals surface area contributed by atoms with E-state index < -0.39 is 0 Å². The van der Waals surface area contributed by atoms with Crippen molar-refractivity contribution in [1.29, 1.82) is 0 Å². The summed E-state index contributed by atoms with van der Waals surface area (Å²) in [5.41, 5.74) is 2.81. The Morgan fingerprint density at radius 1 is 0.818 bits per heavy atom. The van der Waals surface area contributed by atoms with Gasteiger partial charge in [0.15, 0.2) is 6.61 Å². The third-order valence-corrected chi connectivity index (χ3v) is 5.44. The van der Waals surface area contributed by atoms with Gasteiger partial charge in [-0.2, -0.15) is 0 Å². The maximum atomic E-state index is 12.5. The Labute approximate surface area is 194 Å². The summed E-state index contributed by atoms with van der Waals surface area (Å²) in [4.78, 5) is 28.7. The van der Waals surface area contributed by atoms with Crippen LogP contribution in [0.5, 0.6) is 5.75 Å². The summed E-state index contributed by atoms with van der Waals surface area (Å²) in [5.74, 6) is 0.493. The molecule has 0 spiro atoms. The van der Waals surface area contributed by atoms with Gasteiger partial charge in [0, 0.05) is 43.6 Å².